The van der Waals surface area contributed by atoms with E-state index in [4.69, 9.17) is 5.73 Å². The number of nitrogens with zero attached hydrogens (tertiary/aromatic N) is 3. The summed E-state index contributed by atoms with van der Waals surface area (Å²) >= 11 is 0. The Labute approximate surface area is 165 Å². The minimum atomic E-state index is -0.562. The second kappa shape index (κ2) is 7.90. The normalized spacial score (nSPS) is 19.6. The van der Waals surface area contributed by atoms with Crippen molar-refractivity contribution < 1.29 is 4.79 Å². The van der Waals surface area contributed by atoms with Crippen LogP contribution in [-0.4, -0.2) is 33.9 Å². The van der Waals surface area contributed by atoms with Crippen molar-refractivity contribution in [3.8, 4) is 11.1 Å². The molecular weight excluding hydrogens is 348 g/mol. The van der Waals surface area contributed by atoms with Gasteiger partial charge in [0, 0.05) is 37.2 Å². The van der Waals surface area contributed by atoms with Gasteiger partial charge in [0.25, 0.3) is 0 Å². The van der Waals surface area contributed by atoms with Gasteiger partial charge in [-0.3, -0.25) is 19.7 Å². The lowest BCUT2D eigenvalue weighted by atomic mass is 9.78. The van der Waals surface area contributed by atoms with E-state index in [-0.39, 0.29) is 5.91 Å². The summed E-state index contributed by atoms with van der Waals surface area (Å²) in [6, 6.07) is 18.1. The van der Waals surface area contributed by atoms with Crippen LogP contribution < -0.4 is 5.73 Å². The zero-order chi connectivity index (χ0) is 19.4. The number of amides is 1. The molecule has 5 heteroatoms. The molecule has 1 aromatic carbocycles. The molecule has 1 atom stereocenters. The first-order valence-electron chi connectivity index (χ1n) is 9.57. The Balaban J connectivity index is 1.58. The van der Waals surface area contributed by atoms with Gasteiger partial charge in [-0.2, -0.15) is 0 Å². The van der Waals surface area contributed by atoms with Crippen LogP contribution in [0.5, 0.6) is 0 Å². The number of nitrogens with two attached hydrogens (primary N) is 1. The maximum Gasteiger partial charge on any atom is 0.225 e. The molecule has 142 valence electrons. The number of hydrogen-bond donors (Lipinski definition) is 1. The van der Waals surface area contributed by atoms with Gasteiger partial charge < -0.3 is 5.73 Å². The summed E-state index contributed by atoms with van der Waals surface area (Å²) in [6.45, 7) is 2.23. The molecule has 2 aromatic heterocycles. The molecule has 0 bridgehead atoms. The quantitative estimate of drug-likeness (QED) is 0.722. The Morgan fingerprint density at radius 1 is 1.07 bits per heavy atom. The topological polar surface area (TPSA) is 72.1 Å². The lowest BCUT2D eigenvalue weighted by Gasteiger charge is -2.27. The predicted octanol–water partition coefficient (Wildman–Crippen LogP) is 3.06. The van der Waals surface area contributed by atoms with Gasteiger partial charge >= 0.3 is 0 Å². The van der Waals surface area contributed by atoms with Crippen molar-refractivity contribution in [2.24, 2.45) is 11.1 Å². The largest absolute Gasteiger partial charge is 0.369 e. The predicted molar refractivity (Wildman–Crippen MR) is 109 cm³/mol. The molecule has 28 heavy (non-hydrogen) atoms. The van der Waals surface area contributed by atoms with Gasteiger partial charge in [-0.15, -0.1) is 0 Å². The summed E-state index contributed by atoms with van der Waals surface area (Å²) in [5.74, 6) is -0.225. The first-order chi connectivity index (χ1) is 13.7. The Morgan fingerprint density at radius 2 is 1.93 bits per heavy atom. The van der Waals surface area contributed by atoms with Crippen LogP contribution in [0, 0.1) is 5.41 Å². The lowest BCUT2D eigenvalue weighted by molar-refractivity contribution is -0.127. The van der Waals surface area contributed by atoms with E-state index in [1.54, 1.807) is 12.4 Å². The van der Waals surface area contributed by atoms with Crippen LogP contribution in [0.4, 0.5) is 0 Å². The van der Waals surface area contributed by atoms with Crippen molar-refractivity contribution >= 4 is 5.91 Å². The molecule has 3 heterocycles. The molecule has 0 radical (unpaired) electrons. The maximum absolute atomic E-state index is 12.5. The molecule has 3 aromatic rings. The molecule has 1 aliphatic heterocycles. The minimum Gasteiger partial charge on any atom is -0.369 e. The maximum atomic E-state index is 12.5. The van der Waals surface area contributed by atoms with Crippen molar-refractivity contribution in [1.29, 1.82) is 0 Å². The Hall–Kier alpha value is -3.05. The van der Waals surface area contributed by atoms with E-state index < -0.39 is 5.41 Å². The fourth-order valence-corrected chi connectivity index (χ4v) is 4.09. The number of aromatic nitrogens is 2. The third-order valence-corrected chi connectivity index (χ3v) is 5.59. The number of benzene rings is 1. The summed E-state index contributed by atoms with van der Waals surface area (Å²) < 4.78 is 0. The van der Waals surface area contributed by atoms with Crippen LogP contribution in [0.15, 0.2) is 73.2 Å². The number of rotatable bonds is 6. The summed E-state index contributed by atoms with van der Waals surface area (Å²) in [4.78, 5) is 23.5. The summed E-state index contributed by atoms with van der Waals surface area (Å²) in [5.41, 5.74) is 9.68. The lowest BCUT2D eigenvalue weighted by Crippen LogP contribution is -2.41. The van der Waals surface area contributed by atoms with E-state index in [2.05, 4.69) is 27.0 Å². The monoisotopic (exact) mass is 372 g/mol. The standard InChI is InChI=1S/C23H24N4O/c24-22(28)23(10-13-27(17-23)16-20-8-3-4-12-26-20)14-18-6-1-2-9-21(18)19-7-5-11-25-15-19/h1-9,11-12,15H,10,13-14,16-17H2,(H2,24,28). The Morgan fingerprint density at radius 3 is 2.68 bits per heavy atom. The van der Waals surface area contributed by atoms with E-state index in [0.717, 1.165) is 41.9 Å². The smallest absolute Gasteiger partial charge is 0.225 e. The molecule has 1 unspecified atom stereocenters. The molecule has 2 N–H and O–H groups in total. The second-order valence-electron chi connectivity index (χ2n) is 7.50. The van der Waals surface area contributed by atoms with Crippen molar-refractivity contribution in [2.45, 2.75) is 19.4 Å². The summed E-state index contributed by atoms with van der Waals surface area (Å²) in [6.07, 6.45) is 6.82. The molecular formula is C23H24N4O. The van der Waals surface area contributed by atoms with Gasteiger partial charge in [-0.25, -0.2) is 0 Å². The number of pyridine rings is 2. The highest BCUT2D eigenvalue weighted by Gasteiger charge is 2.43. The van der Waals surface area contributed by atoms with E-state index in [1.165, 1.54) is 0 Å². The summed E-state index contributed by atoms with van der Waals surface area (Å²) in [7, 11) is 0. The number of hydrogen-bond acceptors (Lipinski definition) is 4. The highest BCUT2D eigenvalue weighted by Crippen LogP contribution is 2.37. The molecule has 4 rings (SSSR count). The fraction of sp³-hybridized carbons (Fsp3) is 0.261. The zero-order valence-corrected chi connectivity index (χ0v) is 15.8. The highest BCUT2D eigenvalue weighted by atomic mass is 16.1. The van der Waals surface area contributed by atoms with Crippen molar-refractivity contribution in [3.63, 3.8) is 0 Å². The number of carbonyl (C=O) groups is 1. The van der Waals surface area contributed by atoms with E-state index >= 15 is 0 Å². The van der Waals surface area contributed by atoms with Gasteiger partial charge in [0.2, 0.25) is 5.91 Å². The molecule has 1 fully saturated rings. The number of primary amides is 1. The average Bonchev–Trinajstić information content (AvgIpc) is 3.14. The molecule has 1 saturated heterocycles. The molecule has 0 saturated carbocycles. The van der Waals surface area contributed by atoms with Crippen LogP contribution in [0.3, 0.4) is 0 Å². The van der Waals surface area contributed by atoms with Crippen molar-refractivity contribution in [1.82, 2.24) is 14.9 Å². The Kier molecular flexibility index (Phi) is 5.17. The number of likely N-dealkylation sites (tertiary alicyclic amines) is 1. The third kappa shape index (κ3) is 3.80. The number of carbonyl (C=O) groups excluding carboxylic acids is 1. The third-order valence-electron chi connectivity index (χ3n) is 5.59. The molecule has 1 aliphatic rings. The first-order valence-corrected chi connectivity index (χ1v) is 9.57. The summed E-state index contributed by atoms with van der Waals surface area (Å²) in [5, 5.41) is 0. The van der Waals surface area contributed by atoms with Crippen molar-refractivity contribution in [3.05, 3.63) is 84.4 Å². The first kappa shape index (κ1) is 18.3. The molecule has 5 nitrogen and oxygen atoms in total. The SMILES string of the molecule is NC(=O)C1(Cc2ccccc2-c2cccnc2)CCN(Cc2ccccn2)C1. The van der Waals surface area contributed by atoms with Crippen LogP contribution >= 0.6 is 0 Å². The van der Waals surface area contributed by atoms with E-state index in [0.29, 0.717) is 13.0 Å². The van der Waals surface area contributed by atoms with Gasteiger partial charge in [0.1, 0.15) is 0 Å². The second-order valence-corrected chi connectivity index (χ2v) is 7.50. The van der Waals surface area contributed by atoms with E-state index in [1.807, 2.05) is 48.7 Å². The van der Waals surface area contributed by atoms with Crippen LogP contribution in [0.1, 0.15) is 17.7 Å². The van der Waals surface area contributed by atoms with Gasteiger partial charge in [0.15, 0.2) is 0 Å². The Bertz CT molecular complexity index is 945. The zero-order valence-electron chi connectivity index (χ0n) is 15.8. The van der Waals surface area contributed by atoms with Gasteiger partial charge in [-0.05, 0) is 48.7 Å². The highest BCUT2D eigenvalue weighted by molar-refractivity contribution is 5.82. The molecule has 1 amide bonds. The van der Waals surface area contributed by atoms with Gasteiger partial charge in [-0.1, -0.05) is 36.4 Å². The average molecular weight is 372 g/mol. The van der Waals surface area contributed by atoms with Crippen LogP contribution in [0.2, 0.25) is 0 Å². The van der Waals surface area contributed by atoms with Crippen LogP contribution in [0.25, 0.3) is 11.1 Å². The molecule has 0 spiro atoms. The van der Waals surface area contributed by atoms with Crippen molar-refractivity contribution in [2.75, 3.05) is 13.1 Å². The fourth-order valence-electron chi connectivity index (χ4n) is 4.09. The molecule has 0 aliphatic carbocycles. The van der Waals surface area contributed by atoms with E-state index in [9.17, 15) is 4.79 Å². The van der Waals surface area contributed by atoms with Crippen LogP contribution in [-0.2, 0) is 17.8 Å². The minimum absolute atomic E-state index is 0.225. The van der Waals surface area contributed by atoms with Gasteiger partial charge in [0.05, 0.1) is 11.1 Å².